The number of carbonyl (C=O) groups is 1. The van der Waals surface area contributed by atoms with Gasteiger partial charge in [0.2, 0.25) is 0 Å². The van der Waals surface area contributed by atoms with Crippen LogP contribution >= 0.6 is 58.3 Å². The van der Waals surface area contributed by atoms with E-state index in [9.17, 15) is 9.90 Å². The maximum atomic E-state index is 12.0. The molecule has 2 aromatic heterocycles. The second kappa shape index (κ2) is 12.7. The van der Waals surface area contributed by atoms with E-state index in [1.807, 2.05) is 13.8 Å². The lowest BCUT2D eigenvalue weighted by atomic mass is 10.3. The van der Waals surface area contributed by atoms with Crippen LogP contribution in [0.5, 0.6) is 0 Å². The molecule has 0 bridgehead atoms. The van der Waals surface area contributed by atoms with Gasteiger partial charge < -0.3 is 20.5 Å². The summed E-state index contributed by atoms with van der Waals surface area (Å²) in [6, 6.07) is 3.38. The highest BCUT2D eigenvalue weighted by Crippen LogP contribution is 2.27. The minimum atomic E-state index is -0.721. The number of aliphatic imine (C=N–C) groups is 1. The first-order valence-electron chi connectivity index (χ1n) is 8.98. The molecular formula is C18H26ClIN4O3S2. The van der Waals surface area contributed by atoms with Crippen LogP contribution < -0.4 is 10.6 Å². The first-order chi connectivity index (χ1) is 13.3. The maximum absolute atomic E-state index is 12.0. The monoisotopic (exact) mass is 572 g/mol. The van der Waals surface area contributed by atoms with Gasteiger partial charge in [-0.2, -0.15) is 0 Å². The molecule has 0 aliphatic carbocycles. The molecule has 2 atom stereocenters. The second-order valence-corrected chi connectivity index (χ2v) is 8.71. The van der Waals surface area contributed by atoms with Gasteiger partial charge in [0, 0.05) is 11.4 Å². The number of thiazole rings is 1. The van der Waals surface area contributed by atoms with Gasteiger partial charge in [0.05, 0.1) is 29.2 Å². The molecule has 2 aromatic rings. The Morgan fingerprint density at radius 2 is 2.10 bits per heavy atom. The normalized spacial score (nSPS) is 13.4. The van der Waals surface area contributed by atoms with E-state index in [0.717, 1.165) is 9.88 Å². The van der Waals surface area contributed by atoms with Crippen molar-refractivity contribution in [2.75, 3.05) is 19.7 Å². The van der Waals surface area contributed by atoms with E-state index in [2.05, 4.69) is 20.6 Å². The van der Waals surface area contributed by atoms with E-state index in [0.29, 0.717) is 34.0 Å². The van der Waals surface area contributed by atoms with E-state index in [4.69, 9.17) is 16.3 Å². The van der Waals surface area contributed by atoms with Crippen molar-refractivity contribution in [2.45, 2.75) is 39.8 Å². The zero-order valence-corrected chi connectivity index (χ0v) is 21.4. The van der Waals surface area contributed by atoms with Gasteiger partial charge in [-0.15, -0.1) is 46.7 Å². The summed E-state index contributed by atoms with van der Waals surface area (Å²) in [5, 5.41) is 17.5. The van der Waals surface area contributed by atoms with Gasteiger partial charge in [0.15, 0.2) is 5.96 Å². The fourth-order valence-corrected chi connectivity index (χ4v) is 4.35. The number of nitrogens with one attached hydrogen (secondary N) is 2. The molecule has 2 rings (SSSR count). The quantitative estimate of drug-likeness (QED) is 0.189. The fraction of sp³-hybridized carbons (Fsp3) is 0.500. The van der Waals surface area contributed by atoms with Crippen LogP contribution in [0.1, 0.15) is 58.2 Å². The Hall–Kier alpha value is -0.950. The number of guanidine groups is 1. The molecule has 2 heterocycles. The summed E-state index contributed by atoms with van der Waals surface area (Å²) in [4.78, 5) is 22.2. The first-order valence-corrected chi connectivity index (χ1v) is 11.0. The number of rotatable bonds is 8. The number of carbonyl (C=O) groups excluding carboxylic acids is 1. The predicted octanol–water partition coefficient (Wildman–Crippen LogP) is 4.31. The number of ether oxygens (including phenoxy) is 1. The van der Waals surface area contributed by atoms with Crippen LogP contribution in [0, 0.1) is 6.92 Å². The number of esters is 1. The Kier molecular flexibility index (Phi) is 11.4. The van der Waals surface area contributed by atoms with Gasteiger partial charge in [-0.1, -0.05) is 11.6 Å². The first kappa shape index (κ1) is 26.1. The molecule has 0 amide bonds. The zero-order chi connectivity index (χ0) is 20.7. The average molecular weight is 573 g/mol. The molecule has 162 valence electrons. The second-order valence-electron chi connectivity index (χ2n) is 5.93. The van der Waals surface area contributed by atoms with Crippen molar-refractivity contribution in [1.29, 1.82) is 0 Å². The highest BCUT2D eigenvalue weighted by molar-refractivity contribution is 14.0. The Bertz CT molecular complexity index is 828. The van der Waals surface area contributed by atoms with Gasteiger partial charge in [0.25, 0.3) is 0 Å². The molecule has 0 saturated carbocycles. The number of aliphatic hydroxyl groups excluding tert-OH is 1. The molecule has 7 nitrogen and oxygen atoms in total. The van der Waals surface area contributed by atoms with Crippen molar-refractivity contribution < 1.29 is 14.6 Å². The van der Waals surface area contributed by atoms with E-state index in [1.54, 1.807) is 26.0 Å². The molecule has 11 heteroatoms. The number of halogens is 2. The standard InChI is InChI=1S/C18H25ClN4O3S2.HI/c1-5-20-18(21-9-12(24)13-7-8-14(19)27-13)23-11(4)16-22-10(3)15(28-16)17(25)26-6-2;/h7-8,11-12,24H,5-6,9H2,1-4H3,(H2,20,21,23);1H. The largest absolute Gasteiger partial charge is 0.462 e. The van der Waals surface area contributed by atoms with Crippen molar-refractivity contribution >= 4 is 70.2 Å². The fourth-order valence-electron chi connectivity index (χ4n) is 2.35. The molecule has 0 fully saturated rings. The molecule has 0 radical (unpaired) electrons. The van der Waals surface area contributed by atoms with E-state index < -0.39 is 6.10 Å². The van der Waals surface area contributed by atoms with E-state index in [1.165, 1.54) is 22.7 Å². The van der Waals surface area contributed by atoms with Crippen molar-refractivity contribution in [2.24, 2.45) is 4.99 Å². The smallest absolute Gasteiger partial charge is 0.350 e. The minimum absolute atomic E-state index is 0. The third-order valence-corrected chi connectivity index (χ3v) is 6.34. The summed E-state index contributed by atoms with van der Waals surface area (Å²) < 4.78 is 5.70. The average Bonchev–Trinajstić information content (AvgIpc) is 3.25. The third-order valence-electron chi connectivity index (χ3n) is 3.69. The lowest BCUT2D eigenvalue weighted by molar-refractivity contribution is 0.0531. The number of aliphatic hydroxyl groups is 1. The maximum Gasteiger partial charge on any atom is 0.350 e. The number of hydrogen-bond donors (Lipinski definition) is 3. The van der Waals surface area contributed by atoms with Crippen LogP contribution in [0.2, 0.25) is 4.34 Å². The van der Waals surface area contributed by atoms with Gasteiger partial charge >= 0.3 is 5.97 Å². The van der Waals surface area contributed by atoms with Crippen LogP contribution in [-0.4, -0.2) is 41.7 Å². The molecule has 0 aliphatic rings. The third kappa shape index (κ3) is 7.67. The van der Waals surface area contributed by atoms with Gasteiger partial charge in [-0.3, -0.25) is 4.99 Å². The molecular weight excluding hydrogens is 547 g/mol. The number of aromatic nitrogens is 1. The summed E-state index contributed by atoms with van der Waals surface area (Å²) in [6.45, 7) is 8.67. The van der Waals surface area contributed by atoms with Crippen molar-refractivity contribution in [3.8, 4) is 0 Å². The number of hydrogen-bond acceptors (Lipinski definition) is 7. The van der Waals surface area contributed by atoms with E-state index >= 15 is 0 Å². The molecule has 3 N–H and O–H groups in total. The van der Waals surface area contributed by atoms with Gasteiger partial charge in [-0.05, 0) is 39.8 Å². The minimum Gasteiger partial charge on any atom is -0.462 e. The Balaban J connectivity index is 0.00000420. The highest BCUT2D eigenvalue weighted by Gasteiger charge is 2.20. The number of thiophene rings is 1. The van der Waals surface area contributed by atoms with Gasteiger partial charge in [0.1, 0.15) is 16.0 Å². The Labute approximate surface area is 201 Å². The molecule has 0 aliphatic heterocycles. The van der Waals surface area contributed by atoms with Crippen LogP contribution in [0.4, 0.5) is 0 Å². The van der Waals surface area contributed by atoms with E-state index in [-0.39, 0.29) is 42.5 Å². The Morgan fingerprint density at radius 1 is 1.38 bits per heavy atom. The Morgan fingerprint density at radius 3 is 2.69 bits per heavy atom. The van der Waals surface area contributed by atoms with Crippen LogP contribution in [0.15, 0.2) is 17.1 Å². The lowest BCUT2D eigenvalue weighted by Gasteiger charge is -2.16. The highest BCUT2D eigenvalue weighted by atomic mass is 127. The predicted molar refractivity (Wildman–Crippen MR) is 130 cm³/mol. The molecule has 0 aromatic carbocycles. The summed E-state index contributed by atoms with van der Waals surface area (Å²) in [5.41, 5.74) is 0.652. The number of nitrogens with zero attached hydrogens (tertiary/aromatic N) is 2. The van der Waals surface area contributed by atoms with Crippen LogP contribution in [0.25, 0.3) is 0 Å². The van der Waals surface area contributed by atoms with Crippen LogP contribution in [0.3, 0.4) is 0 Å². The topological polar surface area (TPSA) is 95.8 Å². The zero-order valence-electron chi connectivity index (χ0n) is 16.7. The van der Waals surface area contributed by atoms with Crippen LogP contribution in [-0.2, 0) is 4.74 Å². The summed E-state index contributed by atoms with van der Waals surface area (Å²) >= 11 is 8.56. The lowest BCUT2D eigenvalue weighted by Crippen LogP contribution is -2.39. The van der Waals surface area contributed by atoms with Crippen molar-refractivity contribution in [3.63, 3.8) is 0 Å². The SMILES string of the molecule is CCNC(=NCC(O)c1ccc(Cl)s1)NC(C)c1nc(C)c(C(=O)OCC)s1.I. The summed E-state index contributed by atoms with van der Waals surface area (Å²) in [5.74, 6) is 0.205. The van der Waals surface area contributed by atoms with Gasteiger partial charge in [-0.25, -0.2) is 9.78 Å². The summed E-state index contributed by atoms with van der Waals surface area (Å²) in [6.07, 6.45) is -0.721. The van der Waals surface area contributed by atoms with Crippen molar-refractivity contribution in [3.05, 3.63) is 36.9 Å². The number of aryl methyl sites for hydroxylation is 1. The summed E-state index contributed by atoms with van der Waals surface area (Å²) in [7, 11) is 0. The molecule has 0 saturated heterocycles. The molecule has 2 unspecified atom stereocenters. The van der Waals surface area contributed by atoms with Crippen molar-refractivity contribution in [1.82, 2.24) is 15.6 Å². The molecule has 0 spiro atoms. The molecule has 29 heavy (non-hydrogen) atoms.